The molecule has 1 aromatic carbocycles. The van der Waals surface area contributed by atoms with Crippen molar-refractivity contribution in [1.82, 2.24) is 15.1 Å². The van der Waals surface area contributed by atoms with Crippen LogP contribution < -0.4 is 5.32 Å². The van der Waals surface area contributed by atoms with Gasteiger partial charge in [0.25, 0.3) is 0 Å². The van der Waals surface area contributed by atoms with E-state index >= 15 is 0 Å². The molecule has 7 nitrogen and oxygen atoms in total. The minimum atomic E-state index is -1.12. The van der Waals surface area contributed by atoms with Gasteiger partial charge in [0.05, 0.1) is 5.69 Å². The van der Waals surface area contributed by atoms with Gasteiger partial charge in [-0.25, -0.2) is 9.59 Å². The number of hydrogen-bond acceptors (Lipinski definition) is 4. The molecule has 1 unspecified atom stereocenters. The summed E-state index contributed by atoms with van der Waals surface area (Å²) < 4.78 is 6.80. The van der Waals surface area contributed by atoms with E-state index in [-0.39, 0.29) is 13.0 Å². The molecule has 128 valence electrons. The van der Waals surface area contributed by atoms with Crippen molar-refractivity contribution in [3.8, 4) is 0 Å². The fraction of sp³-hybridized carbons (Fsp3) is 0.353. The van der Waals surface area contributed by atoms with E-state index in [0.29, 0.717) is 6.54 Å². The van der Waals surface area contributed by atoms with Crippen molar-refractivity contribution in [1.29, 1.82) is 0 Å². The zero-order valence-corrected chi connectivity index (χ0v) is 13.7. The van der Waals surface area contributed by atoms with Crippen LogP contribution >= 0.6 is 0 Å². The monoisotopic (exact) mass is 331 g/mol. The number of hydrogen-bond donors (Lipinski definition) is 2. The Balaban J connectivity index is 1.94. The van der Waals surface area contributed by atoms with Crippen LogP contribution in [0.5, 0.6) is 0 Å². The van der Waals surface area contributed by atoms with Crippen molar-refractivity contribution in [2.24, 2.45) is 0 Å². The summed E-state index contributed by atoms with van der Waals surface area (Å²) in [5, 5.41) is 16.0. The number of alkyl carbamates (subject to hydrolysis) is 1. The van der Waals surface area contributed by atoms with Crippen LogP contribution in [0, 0.1) is 6.92 Å². The number of aromatic nitrogens is 2. The summed E-state index contributed by atoms with van der Waals surface area (Å²) in [6.45, 7) is 4.55. The number of aryl methyl sites for hydroxylation is 2. The normalized spacial score (nSPS) is 11.8. The minimum Gasteiger partial charge on any atom is -0.480 e. The molecule has 7 heteroatoms. The van der Waals surface area contributed by atoms with Crippen molar-refractivity contribution < 1.29 is 19.4 Å². The molecule has 0 bridgehead atoms. The molecule has 0 fully saturated rings. The van der Waals surface area contributed by atoms with Gasteiger partial charge in [0.2, 0.25) is 0 Å². The second-order valence-electron chi connectivity index (χ2n) is 5.40. The molecule has 2 rings (SSSR count). The molecule has 1 atom stereocenters. The largest absolute Gasteiger partial charge is 0.480 e. The molecule has 2 N–H and O–H groups in total. The molecule has 1 aromatic heterocycles. The van der Waals surface area contributed by atoms with Crippen LogP contribution in [0.2, 0.25) is 0 Å². The summed E-state index contributed by atoms with van der Waals surface area (Å²) in [6.07, 6.45) is 1.19. The van der Waals surface area contributed by atoms with E-state index in [9.17, 15) is 14.7 Å². The number of nitrogens with one attached hydrogen (secondary N) is 1. The van der Waals surface area contributed by atoms with E-state index in [0.717, 1.165) is 16.8 Å². The zero-order valence-electron chi connectivity index (χ0n) is 13.7. The number of carboxylic acids is 1. The number of amides is 1. The topological polar surface area (TPSA) is 93.5 Å². The minimum absolute atomic E-state index is 0.0891. The summed E-state index contributed by atoms with van der Waals surface area (Å²) in [5.41, 5.74) is 2.37. The number of aliphatic carboxylic acids is 1. The third kappa shape index (κ3) is 4.84. The van der Waals surface area contributed by atoms with Gasteiger partial charge in [-0.3, -0.25) is 4.68 Å². The highest BCUT2D eigenvalue weighted by molar-refractivity contribution is 5.80. The first kappa shape index (κ1) is 17.5. The van der Waals surface area contributed by atoms with Crippen molar-refractivity contribution in [3.05, 3.63) is 53.3 Å². The summed E-state index contributed by atoms with van der Waals surface area (Å²) in [6, 6.07) is 8.12. The Morgan fingerprint density at radius 2 is 2.04 bits per heavy atom. The lowest BCUT2D eigenvalue weighted by molar-refractivity contribution is -0.139. The highest BCUT2D eigenvalue weighted by Gasteiger charge is 2.23. The van der Waals surface area contributed by atoms with Crippen LogP contribution in [0.15, 0.2) is 36.5 Å². The summed E-state index contributed by atoms with van der Waals surface area (Å²) >= 11 is 0. The quantitative estimate of drug-likeness (QED) is 0.811. The maximum absolute atomic E-state index is 11.9. The Hall–Kier alpha value is -2.83. The van der Waals surface area contributed by atoms with Gasteiger partial charge in [0.15, 0.2) is 0 Å². The van der Waals surface area contributed by atoms with E-state index in [4.69, 9.17) is 4.74 Å². The Morgan fingerprint density at radius 3 is 2.62 bits per heavy atom. The molecule has 2 aromatic rings. The Labute approximate surface area is 140 Å². The predicted molar refractivity (Wildman–Crippen MR) is 87.5 cm³/mol. The molecule has 1 heterocycles. The Morgan fingerprint density at radius 1 is 1.33 bits per heavy atom. The maximum atomic E-state index is 11.9. The van der Waals surface area contributed by atoms with Crippen LogP contribution in [0.4, 0.5) is 4.79 Å². The number of carbonyl (C=O) groups is 2. The van der Waals surface area contributed by atoms with Gasteiger partial charge in [-0.2, -0.15) is 5.10 Å². The second-order valence-corrected chi connectivity index (χ2v) is 5.40. The van der Waals surface area contributed by atoms with E-state index < -0.39 is 18.1 Å². The molecule has 1 amide bonds. The van der Waals surface area contributed by atoms with Crippen molar-refractivity contribution in [2.75, 3.05) is 0 Å². The molecular weight excluding hydrogens is 310 g/mol. The number of nitrogens with zero attached hydrogens (tertiary/aromatic N) is 2. The van der Waals surface area contributed by atoms with Gasteiger partial charge in [-0.05, 0) is 25.0 Å². The molecule has 24 heavy (non-hydrogen) atoms. The second kappa shape index (κ2) is 8.14. The highest BCUT2D eigenvalue weighted by atomic mass is 16.5. The third-order valence-electron chi connectivity index (χ3n) is 3.60. The van der Waals surface area contributed by atoms with Gasteiger partial charge < -0.3 is 15.2 Å². The molecule has 0 saturated carbocycles. The first-order chi connectivity index (χ1) is 11.5. The average molecular weight is 331 g/mol. The molecule has 0 aliphatic carbocycles. The van der Waals surface area contributed by atoms with Crippen LogP contribution in [-0.4, -0.2) is 33.0 Å². The first-order valence-corrected chi connectivity index (χ1v) is 7.72. The van der Waals surface area contributed by atoms with Crippen molar-refractivity contribution in [2.45, 2.75) is 39.5 Å². The van der Waals surface area contributed by atoms with Crippen molar-refractivity contribution in [3.63, 3.8) is 0 Å². The highest BCUT2D eigenvalue weighted by Crippen LogP contribution is 2.10. The predicted octanol–water partition coefficient (Wildman–Crippen LogP) is 2.13. The molecule has 0 spiro atoms. The molecule has 0 aliphatic heterocycles. The van der Waals surface area contributed by atoms with Gasteiger partial charge in [0, 0.05) is 19.2 Å². The van der Waals surface area contributed by atoms with E-state index in [1.54, 1.807) is 10.9 Å². The molecule has 0 radical (unpaired) electrons. The Kier molecular flexibility index (Phi) is 5.95. The number of benzene rings is 1. The van der Waals surface area contributed by atoms with Crippen LogP contribution in [0.25, 0.3) is 0 Å². The molecular formula is C17H21N3O4. The van der Waals surface area contributed by atoms with Gasteiger partial charge in [-0.15, -0.1) is 0 Å². The van der Waals surface area contributed by atoms with E-state index in [1.807, 2.05) is 44.2 Å². The summed E-state index contributed by atoms with van der Waals surface area (Å²) in [7, 11) is 0. The number of rotatable bonds is 7. The van der Waals surface area contributed by atoms with Gasteiger partial charge in [-0.1, -0.05) is 30.3 Å². The van der Waals surface area contributed by atoms with E-state index in [2.05, 4.69) is 10.4 Å². The SMILES string of the molecule is CCn1cc(CC(NC(=O)OCc2ccccc2)C(=O)O)c(C)n1. The standard InChI is InChI=1S/C17H21N3O4/c1-3-20-10-14(12(2)19-20)9-15(16(21)22)18-17(23)24-11-13-7-5-4-6-8-13/h4-8,10,15H,3,9,11H2,1-2H3,(H,18,23)(H,21,22). The average Bonchev–Trinajstić information content (AvgIpc) is 2.93. The first-order valence-electron chi connectivity index (χ1n) is 7.72. The van der Waals surface area contributed by atoms with Gasteiger partial charge >= 0.3 is 12.1 Å². The lowest BCUT2D eigenvalue weighted by Crippen LogP contribution is -2.42. The smallest absolute Gasteiger partial charge is 0.408 e. The lowest BCUT2D eigenvalue weighted by Gasteiger charge is -2.14. The fourth-order valence-electron chi connectivity index (χ4n) is 2.25. The molecule has 0 aliphatic rings. The van der Waals surface area contributed by atoms with Crippen molar-refractivity contribution >= 4 is 12.1 Å². The van der Waals surface area contributed by atoms with Crippen LogP contribution in [0.3, 0.4) is 0 Å². The lowest BCUT2D eigenvalue weighted by atomic mass is 10.1. The van der Waals surface area contributed by atoms with Crippen LogP contribution in [0.1, 0.15) is 23.7 Å². The number of carbonyl (C=O) groups excluding carboxylic acids is 1. The number of ether oxygens (including phenoxy) is 1. The number of carboxylic acid groups (broad SMARTS) is 1. The molecule has 0 saturated heterocycles. The fourth-order valence-corrected chi connectivity index (χ4v) is 2.25. The zero-order chi connectivity index (χ0) is 17.5. The Bertz CT molecular complexity index is 697. The van der Waals surface area contributed by atoms with Gasteiger partial charge in [0.1, 0.15) is 12.6 Å². The van der Waals surface area contributed by atoms with Crippen LogP contribution in [-0.2, 0) is 29.1 Å². The maximum Gasteiger partial charge on any atom is 0.408 e. The summed E-state index contributed by atoms with van der Waals surface area (Å²) in [4.78, 5) is 23.3. The summed E-state index contributed by atoms with van der Waals surface area (Å²) in [5.74, 6) is -1.12. The van der Waals surface area contributed by atoms with E-state index in [1.165, 1.54) is 0 Å². The third-order valence-corrected chi connectivity index (χ3v) is 3.60.